The van der Waals surface area contributed by atoms with Crippen LogP contribution in [0.5, 0.6) is 0 Å². The highest BCUT2D eigenvalue weighted by Gasteiger charge is 2.26. The van der Waals surface area contributed by atoms with E-state index in [1.54, 1.807) is 15.6 Å². The first-order valence-corrected chi connectivity index (χ1v) is 8.78. The van der Waals surface area contributed by atoms with Crippen molar-refractivity contribution >= 4 is 33.8 Å². The molecule has 1 aliphatic heterocycles. The molecule has 1 aromatic rings. The minimum atomic E-state index is -3.08. The number of rotatable bonds is 5. The first-order chi connectivity index (χ1) is 8.62. The molecule has 1 saturated heterocycles. The molecule has 7 heteroatoms. The van der Waals surface area contributed by atoms with Gasteiger partial charge in [0.2, 0.25) is 10.0 Å². The molecule has 1 fully saturated rings. The van der Waals surface area contributed by atoms with Gasteiger partial charge < -0.3 is 5.32 Å². The Morgan fingerprint density at radius 2 is 2.11 bits per heavy atom. The van der Waals surface area contributed by atoms with E-state index in [1.165, 1.54) is 0 Å². The molecule has 110 valence electrons. The lowest BCUT2D eigenvalue weighted by Gasteiger charge is -2.30. The lowest BCUT2D eigenvalue weighted by atomic mass is 10.1. The third kappa shape index (κ3) is 4.72. The van der Waals surface area contributed by atoms with Crippen LogP contribution >= 0.6 is 23.7 Å². The summed E-state index contributed by atoms with van der Waals surface area (Å²) in [7, 11) is -1.14. The first kappa shape index (κ1) is 16.9. The van der Waals surface area contributed by atoms with Gasteiger partial charge in [-0.15, -0.1) is 23.7 Å². The molecule has 0 spiro atoms. The van der Waals surface area contributed by atoms with E-state index in [9.17, 15) is 8.42 Å². The lowest BCUT2D eigenvalue weighted by molar-refractivity contribution is 0.298. The second-order valence-electron chi connectivity index (χ2n) is 4.61. The van der Waals surface area contributed by atoms with E-state index in [2.05, 4.69) is 5.32 Å². The third-order valence-corrected chi connectivity index (χ3v) is 6.25. The molecule has 1 N–H and O–H groups in total. The Labute approximate surface area is 125 Å². The molecule has 1 aromatic heterocycles. The molecule has 0 atom stereocenters. The number of aryl methyl sites for hydroxylation is 1. The van der Waals surface area contributed by atoms with Gasteiger partial charge in [-0.2, -0.15) is 0 Å². The predicted molar refractivity (Wildman–Crippen MR) is 82.7 cm³/mol. The molecule has 0 saturated carbocycles. The summed E-state index contributed by atoms with van der Waals surface area (Å²) in [5, 5.41) is 5.20. The summed E-state index contributed by atoms with van der Waals surface area (Å²) in [6, 6.07) is 4.42. The highest BCUT2D eigenvalue weighted by atomic mass is 35.5. The van der Waals surface area contributed by atoms with Crippen molar-refractivity contribution in [2.75, 3.05) is 25.9 Å². The van der Waals surface area contributed by atoms with Crippen LogP contribution in [-0.2, 0) is 16.4 Å². The zero-order chi connectivity index (χ0) is 13.0. The van der Waals surface area contributed by atoms with Crippen LogP contribution in [0.2, 0.25) is 0 Å². The van der Waals surface area contributed by atoms with Gasteiger partial charge in [-0.25, -0.2) is 12.7 Å². The van der Waals surface area contributed by atoms with Crippen molar-refractivity contribution in [3.05, 3.63) is 22.4 Å². The molecule has 0 aromatic carbocycles. The summed E-state index contributed by atoms with van der Waals surface area (Å²) in [6.07, 6.45) is 2.45. The fourth-order valence-electron chi connectivity index (χ4n) is 2.24. The van der Waals surface area contributed by atoms with Crippen LogP contribution in [0.3, 0.4) is 0 Å². The maximum absolute atomic E-state index is 12.2. The van der Waals surface area contributed by atoms with Crippen LogP contribution in [-0.4, -0.2) is 44.7 Å². The van der Waals surface area contributed by atoms with Crippen molar-refractivity contribution in [2.45, 2.75) is 25.3 Å². The average molecular weight is 325 g/mol. The van der Waals surface area contributed by atoms with Gasteiger partial charge >= 0.3 is 0 Å². The largest absolute Gasteiger partial charge is 0.317 e. The highest BCUT2D eigenvalue weighted by molar-refractivity contribution is 7.89. The number of nitrogens with one attached hydrogen (secondary N) is 1. The van der Waals surface area contributed by atoms with Crippen LogP contribution in [0.4, 0.5) is 0 Å². The quantitative estimate of drug-likeness (QED) is 0.897. The van der Waals surface area contributed by atoms with Crippen molar-refractivity contribution in [3.63, 3.8) is 0 Å². The Balaban J connectivity index is 0.00000180. The van der Waals surface area contributed by atoms with Gasteiger partial charge in [0, 0.05) is 24.0 Å². The standard InChI is InChI=1S/C12H20N2O2S2.ClH/c1-13-11-4-7-14(8-5-11)18(15,16)10-6-12-3-2-9-17-12;/h2-3,9,11,13H,4-8,10H2,1H3;1H. The van der Waals surface area contributed by atoms with Crippen LogP contribution < -0.4 is 5.32 Å². The Kier molecular flexibility index (Phi) is 6.76. The molecular weight excluding hydrogens is 304 g/mol. The predicted octanol–water partition coefficient (Wildman–Crippen LogP) is 1.73. The minimum absolute atomic E-state index is 0. The van der Waals surface area contributed by atoms with Crippen molar-refractivity contribution in [1.29, 1.82) is 0 Å². The summed E-state index contributed by atoms with van der Waals surface area (Å²) in [6.45, 7) is 1.30. The summed E-state index contributed by atoms with van der Waals surface area (Å²) in [5.41, 5.74) is 0. The fourth-order valence-corrected chi connectivity index (χ4v) is 4.58. The fraction of sp³-hybridized carbons (Fsp3) is 0.667. The van der Waals surface area contributed by atoms with Gasteiger partial charge in [0.15, 0.2) is 0 Å². The summed E-state index contributed by atoms with van der Waals surface area (Å²) in [4.78, 5) is 1.14. The second-order valence-corrected chi connectivity index (χ2v) is 7.73. The third-order valence-electron chi connectivity index (χ3n) is 3.44. The molecule has 2 rings (SSSR count). The van der Waals surface area contributed by atoms with Crippen molar-refractivity contribution < 1.29 is 8.42 Å². The van der Waals surface area contributed by atoms with Crippen molar-refractivity contribution in [1.82, 2.24) is 9.62 Å². The SMILES string of the molecule is CNC1CCN(S(=O)(=O)CCc2cccs2)CC1.Cl. The minimum Gasteiger partial charge on any atom is -0.317 e. The van der Waals surface area contributed by atoms with Gasteiger partial charge in [0.25, 0.3) is 0 Å². The number of piperidine rings is 1. The number of hydrogen-bond acceptors (Lipinski definition) is 4. The average Bonchev–Trinajstić information content (AvgIpc) is 2.90. The van der Waals surface area contributed by atoms with E-state index >= 15 is 0 Å². The zero-order valence-electron chi connectivity index (χ0n) is 11.0. The molecule has 4 nitrogen and oxygen atoms in total. The summed E-state index contributed by atoms with van der Waals surface area (Å²) in [5.74, 6) is 0.234. The number of nitrogens with zero attached hydrogens (tertiary/aromatic N) is 1. The maximum atomic E-state index is 12.2. The van der Waals surface area contributed by atoms with Gasteiger partial charge in [-0.05, 0) is 37.8 Å². The van der Waals surface area contributed by atoms with Crippen molar-refractivity contribution in [3.8, 4) is 0 Å². The Bertz CT molecular complexity index is 454. The Hall–Kier alpha value is -0.140. The molecule has 0 amide bonds. The molecule has 0 unspecified atom stereocenters. The molecule has 2 heterocycles. The summed E-state index contributed by atoms with van der Waals surface area (Å²) < 4.78 is 26.0. The molecule has 1 aliphatic rings. The number of thiophene rings is 1. The van der Waals surface area contributed by atoms with Crippen molar-refractivity contribution in [2.24, 2.45) is 0 Å². The van der Waals surface area contributed by atoms with Gasteiger partial charge in [-0.1, -0.05) is 6.07 Å². The van der Waals surface area contributed by atoms with Crippen LogP contribution in [0.25, 0.3) is 0 Å². The van der Waals surface area contributed by atoms with Crippen LogP contribution in [0.1, 0.15) is 17.7 Å². The van der Waals surface area contributed by atoms with Gasteiger partial charge in [-0.3, -0.25) is 0 Å². The molecule has 0 radical (unpaired) electrons. The molecule has 19 heavy (non-hydrogen) atoms. The second kappa shape index (κ2) is 7.59. The number of hydrogen-bond donors (Lipinski definition) is 1. The maximum Gasteiger partial charge on any atom is 0.214 e. The number of halogens is 1. The molecule has 0 bridgehead atoms. The molecular formula is C12H21ClN2O2S2. The van der Waals surface area contributed by atoms with E-state index in [0.717, 1.165) is 17.7 Å². The van der Waals surface area contributed by atoms with Gasteiger partial charge in [0.05, 0.1) is 5.75 Å². The smallest absolute Gasteiger partial charge is 0.214 e. The Morgan fingerprint density at radius 1 is 1.42 bits per heavy atom. The lowest BCUT2D eigenvalue weighted by Crippen LogP contribution is -2.44. The monoisotopic (exact) mass is 324 g/mol. The summed E-state index contributed by atoms with van der Waals surface area (Å²) >= 11 is 1.62. The van der Waals surface area contributed by atoms with Gasteiger partial charge in [0.1, 0.15) is 0 Å². The normalized spacial score (nSPS) is 18.2. The van der Waals surface area contributed by atoms with E-state index < -0.39 is 10.0 Å². The first-order valence-electron chi connectivity index (χ1n) is 6.29. The van der Waals surface area contributed by atoms with E-state index in [-0.39, 0.29) is 18.2 Å². The Morgan fingerprint density at radius 3 is 2.63 bits per heavy atom. The topological polar surface area (TPSA) is 49.4 Å². The van der Waals surface area contributed by atoms with E-state index in [0.29, 0.717) is 25.6 Å². The van der Waals surface area contributed by atoms with Crippen LogP contribution in [0, 0.1) is 0 Å². The highest BCUT2D eigenvalue weighted by Crippen LogP contribution is 2.16. The molecule has 0 aliphatic carbocycles. The zero-order valence-corrected chi connectivity index (χ0v) is 13.5. The number of sulfonamides is 1. The van der Waals surface area contributed by atoms with Crippen LogP contribution in [0.15, 0.2) is 17.5 Å². The van der Waals surface area contributed by atoms with E-state index in [4.69, 9.17) is 0 Å². The van der Waals surface area contributed by atoms with E-state index in [1.807, 2.05) is 24.6 Å².